The van der Waals surface area contributed by atoms with E-state index in [1.54, 1.807) is 0 Å². The van der Waals surface area contributed by atoms with Gasteiger partial charge >= 0.3 is 0 Å². The molecule has 4 heteroatoms. The van der Waals surface area contributed by atoms with E-state index in [2.05, 4.69) is 15.3 Å². The zero-order chi connectivity index (χ0) is 12.8. The zero-order valence-electron chi connectivity index (χ0n) is 10.6. The summed E-state index contributed by atoms with van der Waals surface area (Å²) in [6.45, 7) is 2.35. The number of hydrogen-bond donors (Lipinski definition) is 1. The summed E-state index contributed by atoms with van der Waals surface area (Å²) in [7, 11) is 0. The number of nitrogens with zero attached hydrogens (tertiary/aromatic N) is 2. The standard InChI is InChI=1S/C15H16ClN3/c16-14-5-13-9(8-19-14)1-2-18-15(13)10-3-11-6-17-7-12(11)4-10/h1-2,5,8,10-12,17H,3-4,6-7H2. The quantitative estimate of drug-likeness (QED) is 0.812. The molecule has 1 N–H and O–H groups in total. The fourth-order valence-corrected chi connectivity index (χ4v) is 3.94. The summed E-state index contributed by atoms with van der Waals surface area (Å²) in [4.78, 5) is 8.81. The molecular formula is C15H16ClN3. The van der Waals surface area contributed by atoms with Crippen LogP contribution in [-0.2, 0) is 0 Å². The van der Waals surface area contributed by atoms with Gasteiger partial charge in [-0.3, -0.25) is 4.98 Å². The molecule has 3 heterocycles. The normalized spacial score (nSPS) is 29.8. The number of hydrogen-bond acceptors (Lipinski definition) is 3. The Balaban J connectivity index is 1.77. The minimum atomic E-state index is 0.557. The van der Waals surface area contributed by atoms with Crippen molar-refractivity contribution in [3.05, 3.63) is 35.4 Å². The first-order valence-corrected chi connectivity index (χ1v) is 7.30. The van der Waals surface area contributed by atoms with Crippen LogP contribution in [0.25, 0.3) is 10.8 Å². The lowest BCUT2D eigenvalue weighted by atomic mass is 9.97. The van der Waals surface area contributed by atoms with Crippen molar-refractivity contribution in [3.8, 4) is 0 Å². The van der Waals surface area contributed by atoms with E-state index in [0.717, 1.165) is 17.2 Å². The van der Waals surface area contributed by atoms with Gasteiger partial charge < -0.3 is 5.32 Å². The van der Waals surface area contributed by atoms with Gasteiger partial charge in [0.05, 0.1) is 5.69 Å². The highest BCUT2D eigenvalue weighted by Crippen LogP contribution is 2.44. The molecule has 0 bridgehead atoms. The monoisotopic (exact) mass is 273 g/mol. The van der Waals surface area contributed by atoms with Gasteiger partial charge in [-0.05, 0) is 49.9 Å². The molecule has 1 saturated heterocycles. The van der Waals surface area contributed by atoms with Crippen LogP contribution in [0, 0.1) is 11.8 Å². The number of aromatic nitrogens is 2. The van der Waals surface area contributed by atoms with Crippen molar-refractivity contribution in [1.82, 2.24) is 15.3 Å². The van der Waals surface area contributed by atoms with Crippen LogP contribution < -0.4 is 5.32 Å². The Labute approximate surface area is 117 Å². The highest BCUT2D eigenvalue weighted by molar-refractivity contribution is 6.30. The van der Waals surface area contributed by atoms with Crippen molar-refractivity contribution < 1.29 is 0 Å². The SMILES string of the molecule is Clc1cc2c(C3CC4CNCC4C3)nccc2cn1. The number of rotatable bonds is 1. The van der Waals surface area contributed by atoms with Crippen molar-refractivity contribution in [2.24, 2.45) is 11.8 Å². The zero-order valence-corrected chi connectivity index (χ0v) is 11.4. The van der Waals surface area contributed by atoms with Crippen molar-refractivity contribution in [2.45, 2.75) is 18.8 Å². The Bertz CT molecular complexity index is 616. The van der Waals surface area contributed by atoms with Crippen molar-refractivity contribution >= 4 is 22.4 Å². The van der Waals surface area contributed by atoms with E-state index >= 15 is 0 Å². The molecule has 0 radical (unpaired) electrons. The van der Waals surface area contributed by atoms with Crippen LogP contribution in [0.15, 0.2) is 24.5 Å². The molecule has 2 fully saturated rings. The minimum absolute atomic E-state index is 0.557. The summed E-state index contributed by atoms with van der Waals surface area (Å²) < 4.78 is 0. The van der Waals surface area contributed by atoms with Gasteiger partial charge in [-0.2, -0.15) is 0 Å². The van der Waals surface area contributed by atoms with Gasteiger partial charge in [0.1, 0.15) is 5.15 Å². The van der Waals surface area contributed by atoms with Crippen molar-refractivity contribution in [1.29, 1.82) is 0 Å². The summed E-state index contributed by atoms with van der Waals surface area (Å²) in [5.74, 6) is 2.25. The summed E-state index contributed by atoms with van der Waals surface area (Å²) in [6.07, 6.45) is 6.26. The molecule has 1 aliphatic carbocycles. The Hall–Kier alpha value is -1.19. The Kier molecular flexibility index (Phi) is 2.71. The molecule has 2 aliphatic rings. The van der Waals surface area contributed by atoms with Gasteiger partial charge in [0.25, 0.3) is 0 Å². The topological polar surface area (TPSA) is 37.8 Å². The average molecular weight is 274 g/mol. The summed E-state index contributed by atoms with van der Waals surface area (Å²) in [5.41, 5.74) is 1.22. The maximum Gasteiger partial charge on any atom is 0.129 e. The van der Waals surface area contributed by atoms with E-state index in [9.17, 15) is 0 Å². The van der Waals surface area contributed by atoms with Crippen LogP contribution >= 0.6 is 11.6 Å². The van der Waals surface area contributed by atoms with E-state index in [1.807, 2.05) is 24.5 Å². The van der Waals surface area contributed by atoms with Gasteiger partial charge in [-0.25, -0.2) is 4.98 Å². The molecule has 98 valence electrons. The molecule has 4 rings (SSSR count). The molecule has 1 aliphatic heterocycles. The largest absolute Gasteiger partial charge is 0.316 e. The van der Waals surface area contributed by atoms with E-state index < -0.39 is 0 Å². The average Bonchev–Trinajstić information content (AvgIpc) is 2.98. The molecule has 0 aromatic carbocycles. The summed E-state index contributed by atoms with van der Waals surface area (Å²) >= 11 is 6.04. The molecule has 1 saturated carbocycles. The first-order valence-electron chi connectivity index (χ1n) is 6.92. The number of pyridine rings is 2. The maximum absolute atomic E-state index is 6.04. The minimum Gasteiger partial charge on any atom is -0.316 e. The molecule has 0 spiro atoms. The second-order valence-corrected chi connectivity index (χ2v) is 6.16. The summed E-state index contributed by atoms with van der Waals surface area (Å²) in [5, 5.41) is 6.37. The molecule has 3 nitrogen and oxygen atoms in total. The van der Waals surface area contributed by atoms with Crippen molar-refractivity contribution in [2.75, 3.05) is 13.1 Å². The predicted octanol–water partition coefficient (Wildman–Crippen LogP) is 3.00. The van der Waals surface area contributed by atoms with Crippen LogP contribution in [0.5, 0.6) is 0 Å². The van der Waals surface area contributed by atoms with E-state index in [0.29, 0.717) is 11.1 Å². The van der Waals surface area contributed by atoms with Crippen molar-refractivity contribution in [3.63, 3.8) is 0 Å². The van der Waals surface area contributed by atoms with Crippen LogP contribution in [0.4, 0.5) is 0 Å². The first kappa shape index (κ1) is 11.6. The molecule has 2 aromatic heterocycles. The van der Waals surface area contributed by atoms with Gasteiger partial charge in [0, 0.05) is 29.1 Å². The lowest BCUT2D eigenvalue weighted by molar-refractivity contribution is 0.494. The van der Waals surface area contributed by atoms with Gasteiger partial charge in [-0.1, -0.05) is 11.6 Å². The molecule has 0 amide bonds. The first-order chi connectivity index (χ1) is 9.31. The third-order valence-electron chi connectivity index (χ3n) is 4.69. The third kappa shape index (κ3) is 1.92. The van der Waals surface area contributed by atoms with E-state index in [1.165, 1.54) is 37.0 Å². The maximum atomic E-state index is 6.04. The van der Waals surface area contributed by atoms with Crippen LogP contribution in [-0.4, -0.2) is 23.1 Å². The second kappa shape index (κ2) is 4.43. The summed E-state index contributed by atoms with van der Waals surface area (Å²) in [6, 6.07) is 3.98. The van der Waals surface area contributed by atoms with Gasteiger partial charge in [0.2, 0.25) is 0 Å². The lowest BCUT2D eigenvalue weighted by Crippen LogP contribution is -2.12. The predicted molar refractivity (Wildman–Crippen MR) is 76.4 cm³/mol. The number of halogens is 1. The Morgan fingerprint density at radius 1 is 1.16 bits per heavy atom. The van der Waals surface area contributed by atoms with Crippen LogP contribution in [0.3, 0.4) is 0 Å². The second-order valence-electron chi connectivity index (χ2n) is 5.77. The fraction of sp³-hybridized carbons (Fsp3) is 0.467. The van der Waals surface area contributed by atoms with Crippen LogP contribution in [0.1, 0.15) is 24.5 Å². The molecule has 2 unspecified atom stereocenters. The highest BCUT2D eigenvalue weighted by atomic mass is 35.5. The molecule has 19 heavy (non-hydrogen) atoms. The number of nitrogens with one attached hydrogen (secondary N) is 1. The van der Waals surface area contributed by atoms with Crippen LogP contribution in [0.2, 0.25) is 5.15 Å². The highest BCUT2D eigenvalue weighted by Gasteiger charge is 2.38. The number of fused-ring (bicyclic) bond motifs is 2. The van der Waals surface area contributed by atoms with E-state index in [-0.39, 0.29) is 0 Å². The Morgan fingerprint density at radius 3 is 2.74 bits per heavy atom. The Morgan fingerprint density at radius 2 is 1.95 bits per heavy atom. The van der Waals surface area contributed by atoms with E-state index in [4.69, 9.17) is 11.6 Å². The molecule has 2 atom stereocenters. The fourth-order valence-electron chi connectivity index (χ4n) is 3.78. The molecular weight excluding hydrogens is 258 g/mol. The smallest absolute Gasteiger partial charge is 0.129 e. The van der Waals surface area contributed by atoms with Gasteiger partial charge in [0.15, 0.2) is 0 Å². The molecule has 2 aromatic rings. The van der Waals surface area contributed by atoms with Gasteiger partial charge in [-0.15, -0.1) is 0 Å². The third-order valence-corrected chi connectivity index (χ3v) is 4.89. The lowest BCUT2D eigenvalue weighted by Gasteiger charge is -2.13.